The minimum Gasteiger partial charge on any atom is -0.371 e. The quantitative estimate of drug-likeness (QED) is 0.683. The number of halogens is 1. The fourth-order valence-corrected chi connectivity index (χ4v) is 4.75. The van der Waals surface area contributed by atoms with Gasteiger partial charge in [0.25, 0.3) is 5.91 Å². The summed E-state index contributed by atoms with van der Waals surface area (Å²) in [5.41, 5.74) is 2.25. The second-order valence-electron chi connectivity index (χ2n) is 7.81. The second-order valence-corrected chi connectivity index (χ2v) is 7.81. The Kier molecular flexibility index (Phi) is 4.30. The number of likely N-dealkylation sites (tertiary alicyclic amines) is 1. The molecular formula is C22H21FN4O2. The Balaban J connectivity index is 1.48. The molecule has 1 aromatic carbocycles. The molecule has 2 fully saturated rings. The zero-order valence-electron chi connectivity index (χ0n) is 16.0. The number of aromatic nitrogens is 2. The number of hydrogen-bond acceptors (Lipinski definition) is 5. The molecule has 148 valence electrons. The molecule has 0 unspecified atom stereocenters. The van der Waals surface area contributed by atoms with Gasteiger partial charge < -0.3 is 14.3 Å². The van der Waals surface area contributed by atoms with Gasteiger partial charge in [-0.2, -0.15) is 0 Å². The van der Waals surface area contributed by atoms with E-state index < -0.39 is 0 Å². The fraction of sp³-hybridized carbons (Fsp3) is 0.318. The van der Waals surface area contributed by atoms with Gasteiger partial charge in [0.1, 0.15) is 11.6 Å². The van der Waals surface area contributed by atoms with Crippen LogP contribution in [0.15, 0.2) is 59.4 Å². The van der Waals surface area contributed by atoms with Crippen LogP contribution in [0.2, 0.25) is 0 Å². The maximum absolute atomic E-state index is 14.0. The molecule has 0 aliphatic carbocycles. The summed E-state index contributed by atoms with van der Waals surface area (Å²) in [7, 11) is 0. The number of fused-ring (bicyclic) bond motifs is 1. The van der Waals surface area contributed by atoms with E-state index in [9.17, 15) is 9.18 Å². The molecule has 0 radical (unpaired) electrons. The molecule has 29 heavy (non-hydrogen) atoms. The maximum atomic E-state index is 14.0. The third-order valence-electron chi connectivity index (χ3n) is 5.99. The zero-order valence-corrected chi connectivity index (χ0v) is 16.0. The number of benzene rings is 1. The first-order valence-electron chi connectivity index (χ1n) is 9.75. The van der Waals surface area contributed by atoms with Crippen LogP contribution in [0.5, 0.6) is 0 Å². The van der Waals surface area contributed by atoms with E-state index >= 15 is 0 Å². The smallest absolute Gasteiger partial charge is 0.276 e. The Bertz CT molecular complexity index is 1040. The minimum absolute atomic E-state index is 0.166. The first kappa shape index (κ1) is 17.8. The van der Waals surface area contributed by atoms with E-state index in [0.29, 0.717) is 23.9 Å². The van der Waals surface area contributed by atoms with Crippen molar-refractivity contribution in [3.8, 4) is 0 Å². The molecule has 6 nitrogen and oxygen atoms in total. The molecule has 4 heterocycles. The SMILES string of the molecule is Cc1cc(C(=O)N2C[C@@H]3CN(c4ccncc4)C[C@@H]3[C@H]2c2cccc(F)c2)no1. The number of rotatable bonds is 3. The highest BCUT2D eigenvalue weighted by Gasteiger charge is 2.49. The van der Waals surface area contributed by atoms with Crippen LogP contribution in [-0.2, 0) is 0 Å². The van der Waals surface area contributed by atoms with Gasteiger partial charge in [-0.05, 0) is 36.8 Å². The van der Waals surface area contributed by atoms with Crippen molar-refractivity contribution >= 4 is 11.6 Å². The van der Waals surface area contributed by atoms with E-state index in [1.165, 1.54) is 12.1 Å². The highest BCUT2D eigenvalue weighted by molar-refractivity contribution is 5.93. The normalized spacial score (nSPS) is 23.4. The first-order chi connectivity index (χ1) is 14.1. The number of aryl methyl sites for hydroxylation is 1. The molecule has 0 N–H and O–H groups in total. The Morgan fingerprint density at radius 2 is 1.97 bits per heavy atom. The maximum Gasteiger partial charge on any atom is 0.276 e. The number of nitrogens with zero attached hydrogens (tertiary/aromatic N) is 4. The van der Waals surface area contributed by atoms with Crippen molar-refractivity contribution in [2.24, 2.45) is 11.8 Å². The third-order valence-corrected chi connectivity index (χ3v) is 5.99. The Morgan fingerprint density at radius 3 is 2.69 bits per heavy atom. The van der Waals surface area contributed by atoms with Crippen LogP contribution in [0.1, 0.15) is 27.9 Å². The molecule has 5 rings (SSSR count). The lowest BCUT2D eigenvalue weighted by atomic mass is 9.89. The van der Waals surface area contributed by atoms with E-state index in [-0.39, 0.29) is 23.7 Å². The van der Waals surface area contributed by atoms with E-state index in [4.69, 9.17) is 4.52 Å². The Hall–Kier alpha value is -3.22. The second kappa shape index (κ2) is 6.99. The molecule has 2 aliphatic rings. The molecule has 1 amide bonds. The molecule has 2 aliphatic heterocycles. The van der Waals surface area contributed by atoms with Crippen molar-refractivity contribution in [1.29, 1.82) is 0 Å². The monoisotopic (exact) mass is 392 g/mol. The van der Waals surface area contributed by atoms with Crippen LogP contribution in [0.25, 0.3) is 0 Å². The molecule has 0 saturated carbocycles. The average molecular weight is 392 g/mol. The largest absolute Gasteiger partial charge is 0.371 e. The molecule has 2 aromatic heterocycles. The molecule has 2 saturated heterocycles. The van der Waals surface area contributed by atoms with Crippen LogP contribution in [0.4, 0.5) is 10.1 Å². The van der Waals surface area contributed by atoms with Crippen molar-refractivity contribution in [3.63, 3.8) is 0 Å². The predicted octanol–water partition coefficient (Wildman–Crippen LogP) is 3.47. The van der Waals surface area contributed by atoms with Crippen molar-refractivity contribution in [2.45, 2.75) is 13.0 Å². The van der Waals surface area contributed by atoms with E-state index in [1.807, 2.05) is 23.1 Å². The lowest BCUT2D eigenvalue weighted by Crippen LogP contribution is -2.36. The summed E-state index contributed by atoms with van der Waals surface area (Å²) in [5, 5.41) is 3.90. The van der Waals surface area contributed by atoms with Crippen molar-refractivity contribution in [2.75, 3.05) is 24.5 Å². The van der Waals surface area contributed by atoms with Crippen LogP contribution >= 0.6 is 0 Å². The summed E-state index contributed by atoms with van der Waals surface area (Å²) in [6.45, 7) is 4.02. The average Bonchev–Trinajstić information content (AvgIpc) is 3.42. The van der Waals surface area contributed by atoms with Gasteiger partial charge in [0.05, 0.1) is 6.04 Å². The molecule has 0 bridgehead atoms. The molecule has 7 heteroatoms. The van der Waals surface area contributed by atoms with Crippen molar-refractivity contribution < 1.29 is 13.7 Å². The van der Waals surface area contributed by atoms with E-state index in [2.05, 4.69) is 15.0 Å². The summed E-state index contributed by atoms with van der Waals surface area (Å²) < 4.78 is 19.1. The van der Waals surface area contributed by atoms with Gasteiger partial charge in [-0.3, -0.25) is 9.78 Å². The van der Waals surface area contributed by atoms with Crippen LogP contribution in [-0.4, -0.2) is 40.6 Å². The van der Waals surface area contributed by atoms with Gasteiger partial charge >= 0.3 is 0 Å². The summed E-state index contributed by atoms with van der Waals surface area (Å²) in [4.78, 5) is 21.5. The fourth-order valence-electron chi connectivity index (χ4n) is 4.75. The van der Waals surface area contributed by atoms with Crippen molar-refractivity contribution in [1.82, 2.24) is 15.0 Å². The lowest BCUT2D eigenvalue weighted by molar-refractivity contribution is 0.0704. The van der Waals surface area contributed by atoms with Crippen LogP contribution < -0.4 is 4.90 Å². The number of amides is 1. The highest BCUT2D eigenvalue weighted by Crippen LogP contribution is 2.46. The Labute approximate surface area is 167 Å². The van der Waals surface area contributed by atoms with Gasteiger partial charge in [0.15, 0.2) is 5.69 Å². The van der Waals surface area contributed by atoms with Gasteiger partial charge in [0.2, 0.25) is 0 Å². The molecular weight excluding hydrogens is 371 g/mol. The molecule has 0 spiro atoms. The van der Waals surface area contributed by atoms with E-state index in [0.717, 1.165) is 24.3 Å². The summed E-state index contributed by atoms with van der Waals surface area (Å²) in [5.74, 6) is 0.648. The van der Waals surface area contributed by atoms with Gasteiger partial charge in [-0.15, -0.1) is 0 Å². The number of pyridine rings is 1. The van der Waals surface area contributed by atoms with Gasteiger partial charge in [-0.1, -0.05) is 17.3 Å². The molecule has 3 aromatic rings. The minimum atomic E-state index is -0.292. The topological polar surface area (TPSA) is 62.5 Å². The number of hydrogen-bond donors (Lipinski definition) is 0. The third kappa shape index (κ3) is 3.16. The molecule has 3 atom stereocenters. The summed E-state index contributed by atoms with van der Waals surface area (Å²) in [6.07, 6.45) is 3.58. The van der Waals surface area contributed by atoms with Crippen LogP contribution in [0, 0.1) is 24.6 Å². The van der Waals surface area contributed by atoms with Gasteiger partial charge in [0, 0.05) is 55.6 Å². The summed E-state index contributed by atoms with van der Waals surface area (Å²) in [6, 6.07) is 12.0. The van der Waals surface area contributed by atoms with Crippen molar-refractivity contribution in [3.05, 3.63) is 77.7 Å². The summed E-state index contributed by atoms with van der Waals surface area (Å²) >= 11 is 0. The predicted molar refractivity (Wildman–Crippen MR) is 105 cm³/mol. The van der Waals surface area contributed by atoms with Crippen LogP contribution in [0.3, 0.4) is 0 Å². The zero-order chi connectivity index (χ0) is 20.0. The first-order valence-corrected chi connectivity index (χ1v) is 9.75. The van der Waals surface area contributed by atoms with E-state index in [1.54, 1.807) is 31.5 Å². The lowest BCUT2D eigenvalue weighted by Gasteiger charge is -2.30. The number of carbonyl (C=O) groups excluding carboxylic acids is 1. The number of anilines is 1. The van der Waals surface area contributed by atoms with Gasteiger partial charge in [-0.25, -0.2) is 4.39 Å². The standard InChI is InChI=1S/C22H21FN4O2/c1-14-9-20(25-29-14)22(28)27-12-16-11-26(18-5-7-24-8-6-18)13-19(16)21(27)15-3-2-4-17(23)10-15/h2-10,16,19,21H,11-13H2,1H3/t16-,19-,21+/m0/s1. The number of carbonyl (C=O) groups is 1. The Morgan fingerprint density at radius 1 is 1.14 bits per heavy atom. The highest BCUT2D eigenvalue weighted by atomic mass is 19.1.